The maximum Gasteiger partial charge on any atom is 0.251 e. The van der Waals surface area contributed by atoms with E-state index in [1.54, 1.807) is 7.11 Å². The molecule has 2 aromatic carbocycles. The van der Waals surface area contributed by atoms with Gasteiger partial charge in [0.05, 0.1) is 18.1 Å². The number of benzene rings is 2. The van der Waals surface area contributed by atoms with Crippen molar-refractivity contribution in [2.24, 2.45) is 0 Å². The van der Waals surface area contributed by atoms with E-state index in [9.17, 15) is 13.2 Å². The summed E-state index contributed by atoms with van der Waals surface area (Å²) >= 11 is 0. The van der Waals surface area contributed by atoms with Gasteiger partial charge in [-0.3, -0.25) is 4.79 Å². The van der Waals surface area contributed by atoms with Gasteiger partial charge in [-0.25, -0.2) is 13.1 Å². The van der Waals surface area contributed by atoms with Gasteiger partial charge in [-0.1, -0.05) is 18.2 Å². The fourth-order valence-corrected chi connectivity index (χ4v) is 4.07. The lowest BCUT2D eigenvalue weighted by Crippen LogP contribution is -2.31. The quantitative estimate of drug-likeness (QED) is 0.703. The molecule has 2 N–H and O–H groups in total. The highest BCUT2D eigenvalue weighted by Crippen LogP contribution is 2.17. The second-order valence-electron chi connectivity index (χ2n) is 6.51. The molecule has 8 heteroatoms. The molecular formula is C20H24N2O5S. The van der Waals surface area contributed by atoms with Crippen molar-refractivity contribution in [3.63, 3.8) is 0 Å². The van der Waals surface area contributed by atoms with E-state index in [2.05, 4.69) is 10.0 Å². The highest BCUT2D eigenvalue weighted by atomic mass is 32.2. The Morgan fingerprint density at radius 3 is 2.61 bits per heavy atom. The number of rotatable bonds is 8. The van der Waals surface area contributed by atoms with Crippen LogP contribution in [0.15, 0.2) is 53.4 Å². The van der Waals surface area contributed by atoms with Gasteiger partial charge in [0.15, 0.2) is 0 Å². The maximum atomic E-state index is 12.4. The Balaban J connectivity index is 1.59. The van der Waals surface area contributed by atoms with Crippen molar-refractivity contribution < 1.29 is 22.7 Å². The van der Waals surface area contributed by atoms with Crippen LogP contribution in [0.25, 0.3) is 0 Å². The summed E-state index contributed by atoms with van der Waals surface area (Å²) in [4.78, 5) is 12.5. The summed E-state index contributed by atoms with van der Waals surface area (Å²) in [5.74, 6) is 0.406. The lowest BCUT2D eigenvalue weighted by molar-refractivity contribution is 0.0950. The molecule has 0 aliphatic carbocycles. The summed E-state index contributed by atoms with van der Waals surface area (Å²) in [6.45, 7) is 1.24. The molecule has 3 rings (SSSR count). The summed E-state index contributed by atoms with van der Waals surface area (Å²) in [5.41, 5.74) is 1.24. The fourth-order valence-electron chi connectivity index (χ4n) is 3.00. The Labute approximate surface area is 165 Å². The first-order chi connectivity index (χ1) is 13.5. The minimum Gasteiger partial charge on any atom is -0.496 e. The molecule has 1 amide bonds. The first-order valence-electron chi connectivity index (χ1n) is 9.11. The Hall–Kier alpha value is -2.42. The van der Waals surface area contributed by atoms with Gasteiger partial charge >= 0.3 is 0 Å². The highest BCUT2D eigenvalue weighted by Gasteiger charge is 2.20. The number of nitrogens with one attached hydrogen (secondary N) is 2. The number of hydrogen-bond donors (Lipinski definition) is 2. The van der Waals surface area contributed by atoms with Crippen molar-refractivity contribution in [3.8, 4) is 5.75 Å². The minimum atomic E-state index is -3.63. The largest absolute Gasteiger partial charge is 0.496 e. The van der Waals surface area contributed by atoms with Gasteiger partial charge in [0.25, 0.3) is 5.91 Å². The molecule has 2 aromatic rings. The zero-order valence-electron chi connectivity index (χ0n) is 15.7. The monoisotopic (exact) mass is 404 g/mol. The van der Waals surface area contributed by atoms with Crippen molar-refractivity contribution in [3.05, 3.63) is 59.7 Å². The average molecular weight is 404 g/mol. The van der Waals surface area contributed by atoms with Gasteiger partial charge in [-0.05, 0) is 43.2 Å². The smallest absolute Gasteiger partial charge is 0.251 e. The van der Waals surface area contributed by atoms with Crippen molar-refractivity contribution in [2.75, 3.05) is 20.3 Å². The average Bonchev–Trinajstić information content (AvgIpc) is 3.24. The molecule has 0 aromatic heterocycles. The van der Waals surface area contributed by atoms with Gasteiger partial charge in [-0.2, -0.15) is 0 Å². The molecule has 1 aliphatic rings. The van der Waals surface area contributed by atoms with Crippen molar-refractivity contribution in [1.29, 1.82) is 0 Å². The highest BCUT2D eigenvalue weighted by molar-refractivity contribution is 7.89. The van der Waals surface area contributed by atoms with E-state index >= 15 is 0 Å². The van der Waals surface area contributed by atoms with Gasteiger partial charge in [0.1, 0.15) is 5.75 Å². The van der Waals surface area contributed by atoms with Crippen molar-refractivity contribution in [1.82, 2.24) is 10.0 Å². The molecule has 0 spiro atoms. The predicted octanol–water partition coefficient (Wildman–Crippen LogP) is 2.08. The molecule has 1 heterocycles. The van der Waals surface area contributed by atoms with E-state index in [-0.39, 0.29) is 23.5 Å². The third kappa shape index (κ3) is 5.09. The van der Waals surface area contributed by atoms with Crippen LogP contribution >= 0.6 is 0 Å². The number of carbonyl (C=O) groups excluding carboxylic acids is 1. The zero-order valence-corrected chi connectivity index (χ0v) is 16.5. The number of para-hydroxylation sites is 1. The number of carbonyl (C=O) groups is 1. The second-order valence-corrected chi connectivity index (χ2v) is 8.27. The van der Waals surface area contributed by atoms with E-state index < -0.39 is 10.0 Å². The Kier molecular flexibility index (Phi) is 6.66. The lowest BCUT2D eigenvalue weighted by Gasteiger charge is -2.12. The minimum absolute atomic E-state index is 0.0743. The van der Waals surface area contributed by atoms with E-state index in [0.29, 0.717) is 24.5 Å². The van der Waals surface area contributed by atoms with Crippen molar-refractivity contribution >= 4 is 15.9 Å². The third-order valence-corrected chi connectivity index (χ3v) is 6.02. The molecule has 1 saturated heterocycles. The molecule has 0 bridgehead atoms. The molecule has 28 heavy (non-hydrogen) atoms. The second kappa shape index (κ2) is 9.18. The van der Waals surface area contributed by atoms with E-state index in [1.807, 2.05) is 24.3 Å². The summed E-state index contributed by atoms with van der Waals surface area (Å²) in [5, 5.41) is 2.81. The molecule has 0 unspecified atom stereocenters. The fraction of sp³-hybridized carbons (Fsp3) is 0.350. The number of ether oxygens (including phenoxy) is 2. The van der Waals surface area contributed by atoms with Crippen LogP contribution in [-0.2, 0) is 21.3 Å². The molecule has 7 nitrogen and oxygen atoms in total. The van der Waals surface area contributed by atoms with Crippen LogP contribution < -0.4 is 14.8 Å². The zero-order chi connectivity index (χ0) is 20.0. The SMILES string of the molecule is COc1ccccc1CNC(=O)c1ccc(S(=O)(=O)NC[C@@H]2CCCO2)cc1. The summed E-state index contributed by atoms with van der Waals surface area (Å²) < 4.78 is 38.0. The van der Waals surface area contributed by atoms with Crippen LogP contribution in [-0.4, -0.2) is 40.7 Å². The molecule has 150 valence electrons. The molecule has 1 atom stereocenters. The Bertz CT molecular complexity index is 906. The predicted molar refractivity (Wildman–Crippen MR) is 105 cm³/mol. The summed E-state index contributed by atoms with van der Waals surface area (Å²) in [7, 11) is -2.06. The van der Waals surface area contributed by atoms with Gasteiger partial charge in [-0.15, -0.1) is 0 Å². The summed E-state index contributed by atoms with van der Waals surface area (Å²) in [6, 6.07) is 13.3. The lowest BCUT2D eigenvalue weighted by atomic mass is 10.2. The number of sulfonamides is 1. The van der Waals surface area contributed by atoms with Crippen LogP contribution in [0.2, 0.25) is 0 Å². The van der Waals surface area contributed by atoms with Gasteiger partial charge in [0.2, 0.25) is 10.0 Å². The molecule has 1 aliphatic heterocycles. The molecule has 0 radical (unpaired) electrons. The van der Waals surface area contributed by atoms with Crippen LogP contribution in [0.1, 0.15) is 28.8 Å². The molecule has 1 fully saturated rings. The number of hydrogen-bond acceptors (Lipinski definition) is 5. The maximum absolute atomic E-state index is 12.4. The van der Waals surface area contributed by atoms with E-state index in [1.165, 1.54) is 24.3 Å². The van der Waals surface area contributed by atoms with Crippen LogP contribution in [0, 0.1) is 0 Å². The first kappa shape index (κ1) is 20.3. The third-order valence-electron chi connectivity index (χ3n) is 4.58. The Morgan fingerprint density at radius 1 is 1.18 bits per heavy atom. The van der Waals surface area contributed by atoms with E-state index in [0.717, 1.165) is 18.4 Å². The van der Waals surface area contributed by atoms with Crippen LogP contribution in [0.4, 0.5) is 0 Å². The van der Waals surface area contributed by atoms with E-state index in [4.69, 9.17) is 9.47 Å². The van der Waals surface area contributed by atoms with Crippen LogP contribution in [0.5, 0.6) is 5.75 Å². The Morgan fingerprint density at radius 2 is 1.93 bits per heavy atom. The van der Waals surface area contributed by atoms with Gasteiger partial charge in [0, 0.05) is 30.8 Å². The van der Waals surface area contributed by atoms with Crippen LogP contribution in [0.3, 0.4) is 0 Å². The van der Waals surface area contributed by atoms with Gasteiger partial charge < -0.3 is 14.8 Å². The first-order valence-corrected chi connectivity index (χ1v) is 10.6. The number of amides is 1. The summed E-state index contributed by atoms with van der Waals surface area (Å²) in [6.07, 6.45) is 1.73. The number of methoxy groups -OCH3 is 1. The molecular weight excluding hydrogens is 380 g/mol. The topological polar surface area (TPSA) is 93.7 Å². The standard InChI is InChI=1S/C20H24N2O5S/c1-26-19-7-3-2-5-16(19)13-21-20(23)15-8-10-18(11-9-15)28(24,25)22-14-17-6-4-12-27-17/h2-3,5,7-11,17,22H,4,6,12-14H2,1H3,(H,21,23)/t17-/m0/s1. The molecule has 0 saturated carbocycles. The normalized spacial score (nSPS) is 16.7. The van der Waals surface area contributed by atoms with Crippen molar-refractivity contribution in [2.45, 2.75) is 30.4 Å².